The molecule has 0 radical (unpaired) electrons. The van der Waals surface area contributed by atoms with Crippen molar-refractivity contribution in [1.29, 1.82) is 0 Å². The number of carbonyl (C=O) groups is 2. The topological polar surface area (TPSA) is 71.1 Å². The first-order valence-electron chi connectivity index (χ1n) is 7.44. The van der Waals surface area contributed by atoms with Gasteiger partial charge in [-0.25, -0.2) is 9.59 Å². The van der Waals surface area contributed by atoms with Gasteiger partial charge in [-0.05, 0) is 25.5 Å². The predicted molar refractivity (Wildman–Crippen MR) is 84.6 cm³/mol. The largest absolute Gasteiger partial charge is 0.464 e. The van der Waals surface area contributed by atoms with E-state index in [1.807, 2.05) is 24.3 Å². The molecule has 7 heteroatoms. The van der Waals surface area contributed by atoms with Crippen LogP contribution in [-0.2, 0) is 35.0 Å². The fraction of sp³-hybridized carbons (Fsp3) is 0.500. The number of esters is 2. The number of halogens is 1. The van der Waals surface area contributed by atoms with Crippen LogP contribution in [0.15, 0.2) is 28.7 Å². The van der Waals surface area contributed by atoms with Crippen LogP contribution in [0.4, 0.5) is 0 Å². The Morgan fingerprint density at radius 1 is 1.04 bits per heavy atom. The normalized spacial score (nSPS) is 21.2. The van der Waals surface area contributed by atoms with Crippen molar-refractivity contribution in [3.8, 4) is 0 Å². The Kier molecular flexibility index (Phi) is 6.56. The lowest BCUT2D eigenvalue weighted by Crippen LogP contribution is -2.39. The molecule has 1 aromatic carbocycles. The van der Waals surface area contributed by atoms with E-state index in [4.69, 9.17) is 18.9 Å². The highest BCUT2D eigenvalue weighted by Gasteiger charge is 2.47. The van der Waals surface area contributed by atoms with Gasteiger partial charge in [-0.15, -0.1) is 0 Å². The summed E-state index contributed by atoms with van der Waals surface area (Å²) < 4.78 is 22.0. The summed E-state index contributed by atoms with van der Waals surface area (Å²) in [5.74, 6) is -1.25. The Morgan fingerprint density at radius 3 is 2.04 bits per heavy atom. The van der Waals surface area contributed by atoms with E-state index in [1.54, 1.807) is 13.8 Å². The molecule has 1 aliphatic rings. The molecule has 0 aromatic heterocycles. The number of ether oxygens (including phenoxy) is 4. The van der Waals surface area contributed by atoms with Gasteiger partial charge in [0.25, 0.3) is 0 Å². The molecule has 0 bridgehead atoms. The molecular formula is C16H19BrO6. The molecule has 1 heterocycles. The third-order valence-electron chi connectivity index (χ3n) is 3.25. The van der Waals surface area contributed by atoms with E-state index in [9.17, 15) is 9.59 Å². The molecule has 2 rings (SSSR count). The van der Waals surface area contributed by atoms with Crippen LogP contribution in [0.5, 0.6) is 0 Å². The third-order valence-corrected chi connectivity index (χ3v) is 4.03. The molecule has 1 fully saturated rings. The van der Waals surface area contributed by atoms with Gasteiger partial charge in [0.1, 0.15) is 0 Å². The van der Waals surface area contributed by atoms with E-state index < -0.39 is 30.4 Å². The lowest BCUT2D eigenvalue weighted by atomic mass is 10.1. The van der Waals surface area contributed by atoms with E-state index >= 15 is 0 Å². The zero-order valence-electron chi connectivity index (χ0n) is 13.0. The maximum atomic E-state index is 12.0. The number of hydrogen-bond acceptors (Lipinski definition) is 6. The summed E-state index contributed by atoms with van der Waals surface area (Å²) in [6.45, 7) is 3.77. The second-order valence-electron chi connectivity index (χ2n) is 4.84. The Balaban J connectivity index is 2.10. The molecule has 6 nitrogen and oxygen atoms in total. The zero-order chi connectivity index (χ0) is 16.8. The van der Waals surface area contributed by atoms with Crippen molar-refractivity contribution in [3.05, 3.63) is 34.3 Å². The van der Waals surface area contributed by atoms with Gasteiger partial charge in [0.15, 0.2) is 18.5 Å². The molecule has 23 heavy (non-hydrogen) atoms. The smallest absolute Gasteiger partial charge is 0.338 e. The number of carbonyl (C=O) groups excluding carboxylic acids is 2. The molecule has 1 aromatic rings. The van der Waals surface area contributed by atoms with Gasteiger partial charge in [0, 0.05) is 10.9 Å². The van der Waals surface area contributed by atoms with E-state index in [2.05, 4.69) is 15.9 Å². The van der Waals surface area contributed by atoms with Crippen molar-refractivity contribution in [2.45, 2.75) is 38.8 Å². The van der Waals surface area contributed by atoms with E-state index in [-0.39, 0.29) is 13.2 Å². The molecule has 1 saturated heterocycles. The first kappa shape index (κ1) is 17.9. The van der Waals surface area contributed by atoms with Crippen LogP contribution in [0, 0.1) is 0 Å². The maximum Gasteiger partial charge on any atom is 0.338 e. The highest BCUT2D eigenvalue weighted by molar-refractivity contribution is 9.10. The molecule has 0 aliphatic carbocycles. The van der Waals surface area contributed by atoms with Crippen LogP contribution in [0.1, 0.15) is 19.4 Å². The summed E-state index contributed by atoms with van der Waals surface area (Å²) in [5.41, 5.74) is 0.949. The first-order valence-corrected chi connectivity index (χ1v) is 8.23. The molecule has 2 atom stereocenters. The van der Waals surface area contributed by atoms with Gasteiger partial charge in [0.05, 0.1) is 13.2 Å². The average molecular weight is 387 g/mol. The standard InChI is InChI=1S/C16H19BrO6/c1-3-20-15(18)13-14(16(19)21-4-2)23-12(22-13)9-10-7-5-6-8-11(10)17/h5-8,12-14H,3-4,9H2,1-2H3/t13-,14-/m1/s1. The number of rotatable bonds is 6. The number of benzene rings is 1. The summed E-state index contributed by atoms with van der Waals surface area (Å²) in [5, 5.41) is 0. The minimum Gasteiger partial charge on any atom is -0.464 e. The maximum absolute atomic E-state index is 12.0. The van der Waals surface area contributed by atoms with Crippen LogP contribution < -0.4 is 0 Å². The van der Waals surface area contributed by atoms with Crippen molar-refractivity contribution in [3.63, 3.8) is 0 Å². The quantitative estimate of drug-likeness (QED) is 0.698. The first-order chi connectivity index (χ1) is 11.1. The van der Waals surface area contributed by atoms with E-state index in [0.29, 0.717) is 6.42 Å². The average Bonchev–Trinajstić information content (AvgIpc) is 2.94. The summed E-state index contributed by atoms with van der Waals surface area (Å²) in [6, 6.07) is 7.59. The third kappa shape index (κ3) is 4.53. The van der Waals surface area contributed by atoms with Crippen LogP contribution >= 0.6 is 15.9 Å². The van der Waals surface area contributed by atoms with Crippen LogP contribution in [0.2, 0.25) is 0 Å². The molecule has 0 saturated carbocycles. The minimum absolute atomic E-state index is 0.198. The molecule has 1 aliphatic heterocycles. The molecule has 0 amide bonds. The second-order valence-corrected chi connectivity index (χ2v) is 5.70. The minimum atomic E-state index is -1.11. The van der Waals surface area contributed by atoms with Gasteiger partial charge in [0.2, 0.25) is 0 Å². The summed E-state index contributed by atoms with van der Waals surface area (Å²) in [6.07, 6.45) is -2.55. The molecule has 0 N–H and O–H groups in total. The fourth-order valence-electron chi connectivity index (χ4n) is 2.25. The van der Waals surface area contributed by atoms with Gasteiger partial charge in [-0.2, -0.15) is 0 Å². The van der Waals surface area contributed by atoms with Crippen molar-refractivity contribution < 1.29 is 28.5 Å². The lowest BCUT2D eigenvalue weighted by molar-refractivity contribution is -0.163. The number of hydrogen-bond donors (Lipinski definition) is 0. The zero-order valence-corrected chi connectivity index (χ0v) is 14.6. The van der Waals surface area contributed by atoms with Crippen LogP contribution in [0.25, 0.3) is 0 Å². The van der Waals surface area contributed by atoms with E-state index in [0.717, 1.165) is 10.0 Å². The summed E-state index contributed by atoms with van der Waals surface area (Å²) >= 11 is 3.45. The van der Waals surface area contributed by atoms with Gasteiger partial charge in [-0.1, -0.05) is 34.1 Å². The molecule has 0 unspecified atom stereocenters. The Labute approximate surface area is 143 Å². The second kappa shape index (κ2) is 8.42. The Bertz CT molecular complexity index is 535. The SMILES string of the molecule is CCOC(=O)[C@@H]1OC(Cc2ccccc2Br)O[C@H]1C(=O)OCC. The lowest BCUT2D eigenvalue weighted by Gasteiger charge is -2.13. The van der Waals surface area contributed by atoms with Crippen molar-refractivity contribution in [2.75, 3.05) is 13.2 Å². The summed E-state index contributed by atoms with van der Waals surface area (Å²) in [4.78, 5) is 24.0. The van der Waals surface area contributed by atoms with Crippen LogP contribution in [-0.4, -0.2) is 43.7 Å². The molecule has 126 valence electrons. The fourth-order valence-corrected chi connectivity index (χ4v) is 2.70. The van der Waals surface area contributed by atoms with Crippen molar-refractivity contribution >= 4 is 27.9 Å². The van der Waals surface area contributed by atoms with Gasteiger partial charge < -0.3 is 18.9 Å². The highest BCUT2D eigenvalue weighted by atomic mass is 79.9. The molecule has 0 spiro atoms. The van der Waals surface area contributed by atoms with Gasteiger partial charge >= 0.3 is 11.9 Å². The van der Waals surface area contributed by atoms with Crippen molar-refractivity contribution in [1.82, 2.24) is 0 Å². The van der Waals surface area contributed by atoms with Crippen LogP contribution in [0.3, 0.4) is 0 Å². The Morgan fingerprint density at radius 2 is 1.57 bits per heavy atom. The molecular weight excluding hydrogens is 368 g/mol. The van der Waals surface area contributed by atoms with Gasteiger partial charge in [-0.3, -0.25) is 0 Å². The monoisotopic (exact) mass is 386 g/mol. The van der Waals surface area contributed by atoms with E-state index in [1.165, 1.54) is 0 Å². The van der Waals surface area contributed by atoms with Crippen molar-refractivity contribution in [2.24, 2.45) is 0 Å². The predicted octanol–water partition coefficient (Wildman–Crippen LogP) is 2.23. The Hall–Kier alpha value is -1.44. The highest BCUT2D eigenvalue weighted by Crippen LogP contribution is 2.26. The summed E-state index contributed by atoms with van der Waals surface area (Å²) in [7, 11) is 0.